The summed E-state index contributed by atoms with van der Waals surface area (Å²) in [5.74, 6) is -0.0205. The molecule has 0 aliphatic heterocycles. The molecule has 9 nitrogen and oxygen atoms in total. The van der Waals surface area contributed by atoms with Gasteiger partial charge in [0.05, 0.1) is 17.7 Å². The molecule has 0 fully saturated rings. The SMILES string of the molecule is CC(=O)c1c(C)cc(C)c(Cn2cnc3c(cnn3-c3ccccc3[N+](=O)[O-])c2=O)c1C. The molecule has 4 aromatic rings. The molecule has 0 radical (unpaired) electrons. The lowest BCUT2D eigenvalue weighted by Gasteiger charge is -2.16. The molecule has 0 atom stereocenters. The van der Waals surface area contributed by atoms with Crippen LogP contribution in [0.1, 0.15) is 39.5 Å². The van der Waals surface area contributed by atoms with E-state index in [4.69, 9.17) is 0 Å². The van der Waals surface area contributed by atoms with Crippen LogP contribution in [0.15, 0.2) is 47.7 Å². The Labute approximate surface area is 183 Å². The van der Waals surface area contributed by atoms with Gasteiger partial charge in [0.25, 0.3) is 11.2 Å². The topological polar surface area (TPSA) is 113 Å². The van der Waals surface area contributed by atoms with Crippen LogP contribution in [-0.4, -0.2) is 30.0 Å². The van der Waals surface area contributed by atoms with Crippen LogP contribution < -0.4 is 5.56 Å². The number of nitrogens with zero attached hydrogens (tertiary/aromatic N) is 5. The molecule has 0 aliphatic rings. The molecular weight excluding hydrogens is 410 g/mol. The molecule has 2 heterocycles. The molecule has 2 aromatic heterocycles. The van der Waals surface area contributed by atoms with Crippen molar-refractivity contribution in [3.63, 3.8) is 0 Å². The number of carbonyl (C=O) groups excluding carboxylic acids is 1. The summed E-state index contributed by atoms with van der Waals surface area (Å²) in [6.45, 7) is 7.51. The van der Waals surface area contributed by atoms with Gasteiger partial charge in [-0.05, 0) is 56.0 Å². The first kappa shape index (κ1) is 21.1. The minimum atomic E-state index is -0.500. The van der Waals surface area contributed by atoms with E-state index in [0.717, 1.165) is 22.3 Å². The molecule has 0 saturated carbocycles. The van der Waals surface area contributed by atoms with Crippen LogP contribution in [0.3, 0.4) is 0 Å². The maximum absolute atomic E-state index is 13.2. The Bertz CT molecular complexity index is 1470. The fraction of sp³-hybridized carbons (Fsp3) is 0.217. The number of rotatable bonds is 5. The molecule has 0 saturated heterocycles. The summed E-state index contributed by atoms with van der Waals surface area (Å²) in [5, 5.41) is 15.8. The Hall–Kier alpha value is -4.14. The second-order valence-corrected chi connectivity index (χ2v) is 7.76. The van der Waals surface area contributed by atoms with E-state index in [1.807, 2.05) is 26.8 Å². The third kappa shape index (κ3) is 3.37. The van der Waals surface area contributed by atoms with Gasteiger partial charge in [0, 0.05) is 11.6 Å². The first-order valence-electron chi connectivity index (χ1n) is 9.98. The highest BCUT2D eigenvalue weighted by Gasteiger charge is 2.20. The van der Waals surface area contributed by atoms with Crippen LogP contribution in [0.4, 0.5) is 5.69 Å². The van der Waals surface area contributed by atoms with E-state index >= 15 is 0 Å². The fourth-order valence-electron chi connectivity index (χ4n) is 4.22. The van der Waals surface area contributed by atoms with E-state index in [2.05, 4.69) is 10.1 Å². The van der Waals surface area contributed by atoms with E-state index < -0.39 is 4.92 Å². The lowest BCUT2D eigenvalue weighted by Crippen LogP contribution is -2.22. The number of aryl methyl sites for hydroxylation is 2. The quantitative estimate of drug-likeness (QED) is 0.271. The number of nitro benzene ring substituents is 1. The standard InChI is InChI=1S/C23H21N5O4/c1-13-9-14(2)21(16(4)29)15(3)18(13)11-26-12-24-22-17(23(26)30)10-25-27(22)19-7-5-6-8-20(19)28(31)32/h5-10,12H,11H2,1-4H3. The smallest absolute Gasteiger partial charge is 0.294 e. The lowest BCUT2D eigenvalue weighted by atomic mass is 9.91. The molecule has 0 N–H and O–H groups in total. The number of Topliss-reactive ketones (excluding diaryl/α,β-unsaturated/α-hetero) is 1. The summed E-state index contributed by atoms with van der Waals surface area (Å²) in [7, 11) is 0. The lowest BCUT2D eigenvalue weighted by molar-refractivity contribution is -0.384. The second-order valence-electron chi connectivity index (χ2n) is 7.76. The normalized spacial score (nSPS) is 11.1. The van der Waals surface area contributed by atoms with Gasteiger partial charge in [-0.2, -0.15) is 5.10 Å². The predicted octanol–water partition coefficient (Wildman–Crippen LogP) is 3.67. The van der Waals surface area contributed by atoms with Gasteiger partial charge in [0.15, 0.2) is 11.4 Å². The van der Waals surface area contributed by atoms with Crippen molar-refractivity contribution < 1.29 is 9.72 Å². The molecule has 162 valence electrons. The summed E-state index contributed by atoms with van der Waals surface area (Å²) in [6, 6.07) is 8.10. The highest BCUT2D eigenvalue weighted by molar-refractivity contribution is 5.97. The van der Waals surface area contributed by atoms with E-state index in [1.165, 1.54) is 34.8 Å². The van der Waals surface area contributed by atoms with Crippen LogP contribution in [0, 0.1) is 30.9 Å². The van der Waals surface area contributed by atoms with E-state index in [-0.39, 0.29) is 40.3 Å². The number of fused-ring (bicyclic) bond motifs is 1. The number of carbonyl (C=O) groups is 1. The van der Waals surface area contributed by atoms with Gasteiger partial charge in [-0.3, -0.25) is 24.3 Å². The van der Waals surface area contributed by atoms with Crippen molar-refractivity contribution in [2.24, 2.45) is 0 Å². The molecule has 0 unspecified atom stereocenters. The fourth-order valence-corrected chi connectivity index (χ4v) is 4.22. The minimum Gasteiger partial charge on any atom is -0.294 e. The monoisotopic (exact) mass is 431 g/mol. The van der Waals surface area contributed by atoms with Crippen molar-refractivity contribution in [1.82, 2.24) is 19.3 Å². The van der Waals surface area contributed by atoms with E-state index in [0.29, 0.717) is 5.56 Å². The number of hydrogen-bond acceptors (Lipinski definition) is 6. The van der Waals surface area contributed by atoms with Gasteiger partial charge in [0.1, 0.15) is 17.4 Å². The first-order valence-corrected chi connectivity index (χ1v) is 9.98. The molecule has 0 aliphatic carbocycles. The van der Waals surface area contributed by atoms with Crippen molar-refractivity contribution in [1.29, 1.82) is 0 Å². The third-order valence-electron chi connectivity index (χ3n) is 5.67. The number of hydrogen-bond donors (Lipinski definition) is 0. The largest absolute Gasteiger partial charge is 0.294 e. The first-order chi connectivity index (χ1) is 15.2. The number of aromatic nitrogens is 4. The summed E-state index contributed by atoms with van der Waals surface area (Å²) in [4.78, 5) is 40.6. The van der Waals surface area contributed by atoms with Crippen molar-refractivity contribution in [3.8, 4) is 5.69 Å². The highest BCUT2D eigenvalue weighted by atomic mass is 16.6. The maximum atomic E-state index is 13.2. The Balaban J connectivity index is 1.83. The Morgan fingerprint density at radius 3 is 2.56 bits per heavy atom. The average molecular weight is 431 g/mol. The summed E-state index contributed by atoms with van der Waals surface area (Å²) in [5.41, 5.74) is 4.30. The number of nitro groups is 1. The predicted molar refractivity (Wildman–Crippen MR) is 120 cm³/mol. The molecule has 9 heteroatoms. The molecule has 4 rings (SSSR count). The second kappa shape index (κ2) is 7.84. The van der Waals surface area contributed by atoms with Crippen LogP contribution >= 0.6 is 0 Å². The molecule has 32 heavy (non-hydrogen) atoms. The van der Waals surface area contributed by atoms with Gasteiger partial charge >= 0.3 is 0 Å². The summed E-state index contributed by atoms with van der Waals surface area (Å²) >= 11 is 0. The van der Waals surface area contributed by atoms with Crippen LogP contribution in [0.2, 0.25) is 0 Å². The van der Waals surface area contributed by atoms with Crippen LogP contribution in [0.5, 0.6) is 0 Å². The van der Waals surface area contributed by atoms with Gasteiger partial charge in [-0.15, -0.1) is 0 Å². The number of ketones is 1. The van der Waals surface area contributed by atoms with Gasteiger partial charge in [-0.25, -0.2) is 9.67 Å². The van der Waals surface area contributed by atoms with E-state index in [9.17, 15) is 19.7 Å². The molecule has 0 amide bonds. The summed E-state index contributed by atoms with van der Waals surface area (Å²) in [6.07, 6.45) is 2.78. The zero-order valence-electron chi connectivity index (χ0n) is 18.1. The van der Waals surface area contributed by atoms with Gasteiger partial charge in [0.2, 0.25) is 0 Å². The van der Waals surface area contributed by atoms with E-state index in [1.54, 1.807) is 18.2 Å². The molecular formula is C23H21N5O4. The zero-order valence-corrected chi connectivity index (χ0v) is 18.1. The summed E-state index contributed by atoms with van der Waals surface area (Å²) < 4.78 is 2.76. The maximum Gasteiger partial charge on any atom is 0.294 e. The van der Waals surface area contributed by atoms with Crippen molar-refractivity contribution in [2.45, 2.75) is 34.2 Å². The van der Waals surface area contributed by atoms with Crippen molar-refractivity contribution >= 4 is 22.5 Å². The molecule has 0 spiro atoms. The number of benzene rings is 2. The van der Waals surface area contributed by atoms with Gasteiger partial charge < -0.3 is 0 Å². The third-order valence-corrected chi connectivity index (χ3v) is 5.67. The zero-order chi connectivity index (χ0) is 23.2. The van der Waals surface area contributed by atoms with Crippen molar-refractivity contribution in [2.75, 3.05) is 0 Å². The average Bonchev–Trinajstić information content (AvgIpc) is 3.16. The molecule has 0 bridgehead atoms. The molecule has 2 aromatic carbocycles. The minimum absolute atomic E-state index is 0.0205. The van der Waals surface area contributed by atoms with Crippen LogP contribution in [0.25, 0.3) is 16.7 Å². The Morgan fingerprint density at radius 1 is 1.16 bits per heavy atom. The van der Waals surface area contributed by atoms with Crippen LogP contribution in [-0.2, 0) is 6.54 Å². The highest BCUT2D eigenvalue weighted by Crippen LogP contribution is 2.25. The van der Waals surface area contributed by atoms with Crippen molar-refractivity contribution in [3.05, 3.63) is 91.1 Å². The Morgan fingerprint density at radius 2 is 1.88 bits per heavy atom. The number of para-hydroxylation sites is 2. The van der Waals surface area contributed by atoms with Gasteiger partial charge in [-0.1, -0.05) is 18.2 Å². The Kier molecular flexibility index (Phi) is 5.17.